The molecule has 0 aliphatic heterocycles. The van der Waals surface area contributed by atoms with Gasteiger partial charge < -0.3 is 19.4 Å². The Morgan fingerprint density at radius 1 is 1.28 bits per heavy atom. The van der Waals surface area contributed by atoms with E-state index in [-0.39, 0.29) is 19.0 Å². The average molecular weight is 346 g/mol. The zero-order valence-electron chi connectivity index (χ0n) is 14.7. The van der Waals surface area contributed by atoms with Crippen molar-refractivity contribution in [2.75, 3.05) is 20.7 Å². The van der Waals surface area contributed by atoms with E-state index in [2.05, 4.69) is 10.6 Å². The average Bonchev–Trinajstić information content (AvgIpc) is 3.06. The van der Waals surface area contributed by atoms with E-state index < -0.39 is 6.03 Å². The molecule has 1 aromatic heterocycles. The first-order chi connectivity index (χ1) is 12.0. The zero-order valence-corrected chi connectivity index (χ0v) is 14.7. The van der Waals surface area contributed by atoms with E-state index in [1.165, 1.54) is 6.26 Å². The third-order valence-electron chi connectivity index (χ3n) is 3.65. The second kappa shape index (κ2) is 8.89. The molecular weight excluding hydrogens is 322 g/mol. The monoisotopic (exact) mass is 346 g/mol. The third-order valence-corrected chi connectivity index (χ3v) is 3.65. The topological polar surface area (TPSA) is 85.0 Å². The Kier molecular flexibility index (Phi) is 6.59. The number of imide groups is 1. The lowest BCUT2D eigenvalue weighted by Crippen LogP contribution is -3.09. The summed E-state index contributed by atoms with van der Waals surface area (Å²) >= 11 is 0. The van der Waals surface area contributed by atoms with Crippen molar-refractivity contribution in [1.82, 2.24) is 10.6 Å². The first-order valence-electron chi connectivity index (χ1n) is 8.03. The van der Waals surface area contributed by atoms with Crippen molar-refractivity contribution in [3.8, 4) is 5.75 Å². The van der Waals surface area contributed by atoms with Gasteiger partial charge in [-0.15, -0.1) is 0 Å². The second-order valence-corrected chi connectivity index (χ2v) is 5.94. The minimum atomic E-state index is -0.540. The van der Waals surface area contributed by atoms with Crippen LogP contribution < -0.4 is 20.3 Å². The molecule has 7 heteroatoms. The molecule has 3 N–H and O–H groups in total. The molecule has 0 spiro atoms. The van der Waals surface area contributed by atoms with Gasteiger partial charge in [0.15, 0.2) is 6.54 Å². The highest BCUT2D eigenvalue weighted by Crippen LogP contribution is 2.18. The highest BCUT2D eigenvalue weighted by atomic mass is 16.5. The summed E-state index contributed by atoms with van der Waals surface area (Å²) in [6, 6.07) is 8.87. The summed E-state index contributed by atoms with van der Waals surface area (Å²) in [6.07, 6.45) is 1.53. The molecule has 0 saturated heterocycles. The van der Waals surface area contributed by atoms with Crippen LogP contribution in [0, 0.1) is 6.92 Å². The van der Waals surface area contributed by atoms with Gasteiger partial charge in [-0.1, -0.05) is 11.6 Å². The maximum atomic E-state index is 12.0. The normalized spacial score (nSPS) is 11.6. The molecule has 1 atom stereocenters. The Balaban J connectivity index is 1.79. The predicted octanol–water partition coefficient (Wildman–Crippen LogP) is 0.637. The summed E-state index contributed by atoms with van der Waals surface area (Å²) in [5, 5.41) is 4.89. The Hall–Kier alpha value is -2.80. The van der Waals surface area contributed by atoms with Crippen LogP contribution in [0.3, 0.4) is 0 Å². The fraction of sp³-hybridized carbons (Fsp3) is 0.333. The van der Waals surface area contributed by atoms with Gasteiger partial charge in [-0.2, -0.15) is 0 Å². The molecule has 2 rings (SSSR count). The lowest BCUT2D eigenvalue weighted by molar-refractivity contribution is -0.885. The van der Waals surface area contributed by atoms with Crippen molar-refractivity contribution in [2.45, 2.75) is 20.0 Å². The van der Waals surface area contributed by atoms with Gasteiger partial charge in [0.05, 0.1) is 27.0 Å². The smallest absolute Gasteiger partial charge is 0.321 e. The molecule has 2 aromatic rings. The van der Waals surface area contributed by atoms with E-state index in [0.717, 1.165) is 21.8 Å². The Morgan fingerprint density at radius 2 is 2.08 bits per heavy atom. The SMILES string of the molecule is COc1ccc(C)cc1C[NH+](C)CC(=O)NC(=O)NCc1ccco1. The first kappa shape index (κ1) is 18.5. The Morgan fingerprint density at radius 3 is 2.76 bits per heavy atom. The van der Waals surface area contributed by atoms with Gasteiger partial charge >= 0.3 is 6.03 Å². The minimum absolute atomic E-state index is 0.172. The number of benzene rings is 1. The maximum absolute atomic E-state index is 12.0. The van der Waals surface area contributed by atoms with Crippen LogP contribution in [0.15, 0.2) is 41.0 Å². The summed E-state index contributed by atoms with van der Waals surface area (Å²) in [7, 11) is 3.52. The van der Waals surface area contributed by atoms with Crippen LogP contribution in [-0.4, -0.2) is 32.6 Å². The van der Waals surface area contributed by atoms with E-state index in [4.69, 9.17) is 9.15 Å². The van der Waals surface area contributed by atoms with Crippen LogP contribution in [0.4, 0.5) is 4.79 Å². The highest BCUT2D eigenvalue weighted by molar-refractivity contribution is 5.94. The van der Waals surface area contributed by atoms with Crippen LogP contribution in [0.25, 0.3) is 0 Å². The van der Waals surface area contributed by atoms with E-state index in [1.807, 2.05) is 32.2 Å². The number of furan rings is 1. The van der Waals surface area contributed by atoms with Gasteiger partial charge in [-0.25, -0.2) is 4.79 Å². The summed E-state index contributed by atoms with van der Waals surface area (Å²) in [4.78, 5) is 24.7. The number of quaternary nitrogens is 1. The molecule has 1 unspecified atom stereocenters. The number of carbonyl (C=O) groups is 2. The molecule has 0 fully saturated rings. The summed E-state index contributed by atoms with van der Waals surface area (Å²) in [6.45, 7) is 3.03. The number of hydrogen-bond acceptors (Lipinski definition) is 4. The highest BCUT2D eigenvalue weighted by Gasteiger charge is 2.15. The molecule has 0 saturated carbocycles. The fourth-order valence-corrected chi connectivity index (χ4v) is 2.50. The van der Waals surface area contributed by atoms with Crippen molar-refractivity contribution < 1.29 is 23.6 Å². The number of rotatable bonds is 7. The number of hydrogen-bond donors (Lipinski definition) is 3. The van der Waals surface area contributed by atoms with Gasteiger partial charge in [-0.05, 0) is 31.2 Å². The number of nitrogens with one attached hydrogen (secondary N) is 3. The molecule has 7 nitrogen and oxygen atoms in total. The van der Waals surface area contributed by atoms with Crippen LogP contribution in [0.1, 0.15) is 16.9 Å². The van der Waals surface area contributed by atoms with Crippen LogP contribution in [-0.2, 0) is 17.9 Å². The van der Waals surface area contributed by atoms with Crippen molar-refractivity contribution in [2.24, 2.45) is 0 Å². The second-order valence-electron chi connectivity index (χ2n) is 5.94. The van der Waals surface area contributed by atoms with Crippen LogP contribution >= 0.6 is 0 Å². The van der Waals surface area contributed by atoms with Gasteiger partial charge in [0.1, 0.15) is 18.1 Å². The summed E-state index contributed by atoms with van der Waals surface area (Å²) in [5.41, 5.74) is 2.15. The maximum Gasteiger partial charge on any atom is 0.321 e. The minimum Gasteiger partial charge on any atom is -0.496 e. The fourth-order valence-electron chi connectivity index (χ4n) is 2.50. The van der Waals surface area contributed by atoms with Crippen LogP contribution in [0.2, 0.25) is 0 Å². The lowest BCUT2D eigenvalue weighted by atomic mass is 10.1. The molecule has 0 aliphatic rings. The molecule has 0 aliphatic carbocycles. The first-order valence-corrected chi connectivity index (χ1v) is 8.03. The van der Waals surface area contributed by atoms with E-state index in [1.54, 1.807) is 19.2 Å². The quantitative estimate of drug-likeness (QED) is 0.687. The lowest BCUT2D eigenvalue weighted by Gasteiger charge is -2.16. The molecule has 134 valence electrons. The van der Waals surface area contributed by atoms with Crippen molar-refractivity contribution >= 4 is 11.9 Å². The van der Waals surface area contributed by atoms with Crippen molar-refractivity contribution in [1.29, 1.82) is 0 Å². The molecule has 1 aromatic carbocycles. The summed E-state index contributed by atoms with van der Waals surface area (Å²) in [5.74, 6) is 1.07. The van der Waals surface area contributed by atoms with E-state index in [9.17, 15) is 9.59 Å². The van der Waals surface area contributed by atoms with Gasteiger partial charge in [0.2, 0.25) is 0 Å². The Labute approximate surface area is 146 Å². The largest absolute Gasteiger partial charge is 0.496 e. The molecule has 1 heterocycles. The number of urea groups is 1. The molecule has 0 bridgehead atoms. The molecular formula is C18H24N3O4+. The third kappa shape index (κ3) is 5.96. The number of methoxy groups -OCH3 is 1. The van der Waals surface area contributed by atoms with Gasteiger partial charge in [0.25, 0.3) is 5.91 Å². The zero-order chi connectivity index (χ0) is 18.2. The van der Waals surface area contributed by atoms with Gasteiger partial charge in [-0.3, -0.25) is 10.1 Å². The number of carbonyl (C=O) groups excluding carboxylic acids is 2. The standard InChI is InChI=1S/C18H23N3O4/c1-13-6-7-16(24-3)14(9-13)11-21(2)12-17(22)20-18(23)19-10-15-5-4-8-25-15/h4-9H,10-12H2,1-3H3,(H2,19,20,22,23)/p+1. The summed E-state index contributed by atoms with van der Waals surface area (Å²) < 4.78 is 10.5. The number of amides is 3. The van der Waals surface area contributed by atoms with E-state index >= 15 is 0 Å². The molecule has 0 radical (unpaired) electrons. The molecule has 25 heavy (non-hydrogen) atoms. The van der Waals surface area contributed by atoms with E-state index in [0.29, 0.717) is 12.3 Å². The number of ether oxygens (including phenoxy) is 1. The molecule has 3 amide bonds. The van der Waals surface area contributed by atoms with Crippen LogP contribution in [0.5, 0.6) is 5.75 Å². The Bertz CT molecular complexity index is 713. The predicted molar refractivity (Wildman–Crippen MR) is 92.3 cm³/mol. The van der Waals surface area contributed by atoms with Gasteiger partial charge in [0, 0.05) is 5.56 Å². The van der Waals surface area contributed by atoms with Crippen molar-refractivity contribution in [3.05, 3.63) is 53.5 Å². The number of aryl methyl sites for hydroxylation is 1. The van der Waals surface area contributed by atoms with Crippen molar-refractivity contribution in [3.63, 3.8) is 0 Å². The number of likely N-dealkylation sites (N-methyl/N-ethyl adjacent to an activating group) is 1.